The lowest BCUT2D eigenvalue weighted by atomic mass is 10.1. The first-order valence-corrected chi connectivity index (χ1v) is 6.02. The van der Waals surface area contributed by atoms with E-state index in [-0.39, 0.29) is 11.4 Å². The van der Waals surface area contributed by atoms with Gasteiger partial charge in [0.25, 0.3) is 0 Å². The highest BCUT2D eigenvalue weighted by atomic mass is 35.5. The SMILES string of the molecule is CC(C)(C)NC(=O)CCNc1nsnc1Cl. The van der Waals surface area contributed by atoms with Crippen LogP contribution in [-0.4, -0.2) is 26.7 Å². The quantitative estimate of drug-likeness (QED) is 0.870. The van der Waals surface area contributed by atoms with Gasteiger partial charge < -0.3 is 10.6 Å². The number of nitrogens with one attached hydrogen (secondary N) is 2. The van der Waals surface area contributed by atoms with Crippen LogP contribution in [0.25, 0.3) is 0 Å². The second-order valence-electron chi connectivity index (χ2n) is 4.38. The van der Waals surface area contributed by atoms with Crippen molar-refractivity contribution in [2.45, 2.75) is 32.7 Å². The van der Waals surface area contributed by atoms with E-state index < -0.39 is 0 Å². The number of carbonyl (C=O) groups is 1. The molecule has 0 bridgehead atoms. The van der Waals surface area contributed by atoms with Gasteiger partial charge >= 0.3 is 0 Å². The third-order valence-corrected chi connectivity index (χ3v) is 2.50. The maximum absolute atomic E-state index is 11.5. The summed E-state index contributed by atoms with van der Waals surface area (Å²) in [6.45, 7) is 6.33. The van der Waals surface area contributed by atoms with Crippen LogP contribution in [0.4, 0.5) is 5.82 Å². The van der Waals surface area contributed by atoms with Crippen LogP contribution < -0.4 is 10.6 Å². The van der Waals surface area contributed by atoms with Gasteiger partial charge in [0.15, 0.2) is 11.0 Å². The largest absolute Gasteiger partial charge is 0.366 e. The number of amides is 1. The van der Waals surface area contributed by atoms with Crippen molar-refractivity contribution in [3.8, 4) is 0 Å². The van der Waals surface area contributed by atoms with E-state index in [1.165, 1.54) is 0 Å². The van der Waals surface area contributed by atoms with Crippen molar-refractivity contribution in [2.75, 3.05) is 11.9 Å². The van der Waals surface area contributed by atoms with Crippen molar-refractivity contribution < 1.29 is 4.79 Å². The average molecular weight is 263 g/mol. The highest BCUT2D eigenvalue weighted by Gasteiger charge is 2.13. The first-order valence-electron chi connectivity index (χ1n) is 4.91. The third kappa shape index (κ3) is 4.76. The van der Waals surface area contributed by atoms with E-state index in [2.05, 4.69) is 19.4 Å². The van der Waals surface area contributed by atoms with Gasteiger partial charge in [0.2, 0.25) is 5.91 Å². The molecule has 0 aromatic carbocycles. The number of rotatable bonds is 4. The molecule has 5 nitrogen and oxygen atoms in total. The molecule has 1 heterocycles. The van der Waals surface area contributed by atoms with Gasteiger partial charge in [0.05, 0.1) is 11.7 Å². The predicted octanol–water partition coefficient (Wildman–Crippen LogP) is 1.91. The minimum atomic E-state index is -0.198. The number of nitrogens with zero attached hydrogens (tertiary/aromatic N) is 2. The Morgan fingerprint density at radius 1 is 1.44 bits per heavy atom. The van der Waals surface area contributed by atoms with Gasteiger partial charge in [-0.15, -0.1) is 0 Å². The number of anilines is 1. The molecular formula is C9H15ClN4OS. The summed E-state index contributed by atoms with van der Waals surface area (Å²) in [6.07, 6.45) is 0.380. The molecule has 0 atom stereocenters. The van der Waals surface area contributed by atoms with Gasteiger partial charge in [0, 0.05) is 18.5 Å². The molecule has 0 saturated heterocycles. The number of hydrogen-bond donors (Lipinski definition) is 2. The minimum absolute atomic E-state index is 0.000638. The fraction of sp³-hybridized carbons (Fsp3) is 0.667. The maximum Gasteiger partial charge on any atom is 0.222 e. The molecule has 1 rings (SSSR count). The lowest BCUT2D eigenvalue weighted by Crippen LogP contribution is -2.41. The Balaban J connectivity index is 2.26. The van der Waals surface area contributed by atoms with E-state index in [0.29, 0.717) is 23.9 Å². The summed E-state index contributed by atoms with van der Waals surface area (Å²) in [5.74, 6) is 0.537. The first kappa shape index (κ1) is 13.2. The Morgan fingerprint density at radius 3 is 2.62 bits per heavy atom. The summed E-state index contributed by atoms with van der Waals surface area (Å²) >= 11 is 6.78. The van der Waals surface area contributed by atoms with Crippen molar-refractivity contribution in [3.63, 3.8) is 0 Å². The summed E-state index contributed by atoms with van der Waals surface area (Å²) in [6, 6.07) is 0. The van der Waals surface area contributed by atoms with E-state index in [1.807, 2.05) is 20.8 Å². The Hall–Kier alpha value is -0.880. The van der Waals surface area contributed by atoms with Gasteiger partial charge in [-0.3, -0.25) is 4.79 Å². The van der Waals surface area contributed by atoms with Crippen LogP contribution in [0.5, 0.6) is 0 Å². The summed E-state index contributed by atoms with van der Waals surface area (Å²) in [5.41, 5.74) is -0.198. The number of halogens is 1. The Kier molecular flexibility index (Phi) is 4.49. The molecule has 0 fully saturated rings. The smallest absolute Gasteiger partial charge is 0.222 e. The van der Waals surface area contributed by atoms with Crippen molar-refractivity contribution in [1.29, 1.82) is 0 Å². The van der Waals surface area contributed by atoms with Crippen LogP contribution in [0.1, 0.15) is 27.2 Å². The topological polar surface area (TPSA) is 66.9 Å². The molecule has 0 radical (unpaired) electrons. The number of carbonyl (C=O) groups excluding carboxylic acids is 1. The molecule has 0 aliphatic carbocycles. The van der Waals surface area contributed by atoms with Crippen molar-refractivity contribution in [1.82, 2.24) is 14.1 Å². The minimum Gasteiger partial charge on any atom is -0.366 e. The van der Waals surface area contributed by atoms with Gasteiger partial charge in [0.1, 0.15) is 0 Å². The van der Waals surface area contributed by atoms with Gasteiger partial charge in [-0.05, 0) is 20.8 Å². The highest BCUT2D eigenvalue weighted by molar-refractivity contribution is 6.99. The van der Waals surface area contributed by atoms with Crippen molar-refractivity contribution in [3.05, 3.63) is 5.15 Å². The lowest BCUT2D eigenvalue weighted by Gasteiger charge is -2.20. The van der Waals surface area contributed by atoms with Gasteiger partial charge in [-0.1, -0.05) is 11.6 Å². The maximum atomic E-state index is 11.5. The van der Waals surface area contributed by atoms with E-state index in [9.17, 15) is 4.79 Å². The standard InChI is InChI=1S/C9H15ClN4OS/c1-9(2,3)12-6(15)4-5-11-8-7(10)13-16-14-8/h4-5H2,1-3H3,(H,11,14)(H,12,15). The first-order chi connectivity index (χ1) is 7.38. The average Bonchev–Trinajstić information content (AvgIpc) is 2.48. The summed E-state index contributed by atoms with van der Waals surface area (Å²) in [5, 5.41) is 6.17. The molecule has 1 amide bonds. The molecule has 1 aromatic heterocycles. The summed E-state index contributed by atoms with van der Waals surface area (Å²) in [7, 11) is 0. The second kappa shape index (κ2) is 5.45. The molecule has 0 aliphatic heterocycles. The molecule has 7 heteroatoms. The normalized spacial score (nSPS) is 11.2. The van der Waals surface area contributed by atoms with Gasteiger partial charge in [-0.2, -0.15) is 8.75 Å². The Labute approximate surface area is 104 Å². The number of hydrogen-bond acceptors (Lipinski definition) is 5. The highest BCUT2D eigenvalue weighted by Crippen LogP contribution is 2.17. The summed E-state index contributed by atoms with van der Waals surface area (Å²) < 4.78 is 7.75. The van der Waals surface area contributed by atoms with Crippen LogP contribution in [0.2, 0.25) is 5.15 Å². The molecule has 0 aliphatic rings. The predicted molar refractivity (Wildman–Crippen MR) is 65.9 cm³/mol. The zero-order valence-electron chi connectivity index (χ0n) is 9.50. The fourth-order valence-corrected chi connectivity index (χ4v) is 1.74. The molecule has 2 N–H and O–H groups in total. The van der Waals surface area contributed by atoms with Crippen LogP contribution in [0.3, 0.4) is 0 Å². The van der Waals surface area contributed by atoms with Crippen molar-refractivity contribution in [2.24, 2.45) is 0 Å². The van der Waals surface area contributed by atoms with E-state index in [1.54, 1.807) is 0 Å². The van der Waals surface area contributed by atoms with E-state index in [4.69, 9.17) is 11.6 Å². The van der Waals surface area contributed by atoms with Crippen LogP contribution in [0.15, 0.2) is 0 Å². The van der Waals surface area contributed by atoms with E-state index >= 15 is 0 Å². The van der Waals surface area contributed by atoms with Crippen LogP contribution in [-0.2, 0) is 4.79 Å². The molecule has 90 valence electrons. The zero-order chi connectivity index (χ0) is 12.2. The third-order valence-electron chi connectivity index (χ3n) is 1.61. The monoisotopic (exact) mass is 262 g/mol. The van der Waals surface area contributed by atoms with E-state index in [0.717, 1.165) is 11.7 Å². The molecule has 1 aromatic rings. The number of aromatic nitrogens is 2. The second-order valence-corrected chi connectivity index (χ2v) is 5.27. The Bertz CT molecular complexity index is 361. The van der Waals surface area contributed by atoms with Crippen molar-refractivity contribution >= 4 is 35.1 Å². The zero-order valence-corrected chi connectivity index (χ0v) is 11.1. The fourth-order valence-electron chi connectivity index (χ4n) is 1.06. The molecule has 16 heavy (non-hydrogen) atoms. The van der Waals surface area contributed by atoms with Gasteiger partial charge in [-0.25, -0.2) is 0 Å². The Morgan fingerprint density at radius 2 is 2.12 bits per heavy atom. The molecule has 0 spiro atoms. The molecular weight excluding hydrogens is 248 g/mol. The summed E-state index contributed by atoms with van der Waals surface area (Å²) in [4.78, 5) is 11.5. The molecule has 0 unspecified atom stereocenters. The molecule has 0 saturated carbocycles. The lowest BCUT2D eigenvalue weighted by molar-refractivity contribution is -0.122. The van der Waals surface area contributed by atoms with Crippen LogP contribution in [0, 0.1) is 0 Å². The van der Waals surface area contributed by atoms with Crippen LogP contribution >= 0.6 is 23.3 Å².